The summed E-state index contributed by atoms with van der Waals surface area (Å²) in [5.74, 6) is -1.61. The zero-order valence-corrected chi connectivity index (χ0v) is 10.4. The van der Waals surface area contributed by atoms with Crippen LogP contribution in [0.1, 0.15) is 23.3 Å². The van der Waals surface area contributed by atoms with Crippen molar-refractivity contribution in [1.82, 2.24) is 10.1 Å². The highest BCUT2D eigenvalue weighted by Gasteiger charge is 2.39. The Morgan fingerprint density at radius 2 is 2.06 bits per heavy atom. The molecule has 0 fully saturated rings. The van der Waals surface area contributed by atoms with Crippen LogP contribution in [0.25, 0.3) is 0 Å². The fourth-order valence-corrected chi connectivity index (χ4v) is 1.74. The molecule has 1 atom stereocenters. The fourth-order valence-electron chi connectivity index (χ4n) is 1.33. The van der Waals surface area contributed by atoms with Gasteiger partial charge >= 0.3 is 12.1 Å². The van der Waals surface area contributed by atoms with E-state index in [1.165, 1.54) is 0 Å². The van der Waals surface area contributed by atoms with E-state index in [-0.39, 0.29) is 5.82 Å². The van der Waals surface area contributed by atoms with E-state index < -0.39 is 18.1 Å². The predicted molar refractivity (Wildman–Crippen MR) is 59.5 cm³/mol. The summed E-state index contributed by atoms with van der Waals surface area (Å²) in [6.45, 7) is 0. The largest absolute Gasteiger partial charge is 0.471 e. The summed E-state index contributed by atoms with van der Waals surface area (Å²) < 4.78 is 41.7. The topological polar surface area (TPSA) is 64.9 Å². The van der Waals surface area contributed by atoms with Gasteiger partial charge in [0.05, 0.1) is 6.04 Å². The number of hydrogen-bond donors (Lipinski definition) is 1. The third-order valence-corrected chi connectivity index (χ3v) is 2.66. The molecule has 0 aliphatic heterocycles. The highest BCUT2D eigenvalue weighted by molar-refractivity contribution is 9.10. The van der Waals surface area contributed by atoms with Gasteiger partial charge in [0.1, 0.15) is 0 Å². The molecule has 2 aromatic rings. The lowest BCUT2D eigenvalue weighted by Crippen LogP contribution is -2.14. The maximum absolute atomic E-state index is 12.3. The van der Waals surface area contributed by atoms with Gasteiger partial charge in [0.25, 0.3) is 0 Å². The number of alkyl halides is 3. The van der Waals surface area contributed by atoms with E-state index >= 15 is 0 Å². The molecular weight excluding hydrogens is 315 g/mol. The van der Waals surface area contributed by atoms with Gasteiger partial charge in [-0.05, 0) is 17.7 Å². The van der Waals surface area contributed by atoms with Gasteiger partial charge in [0, 0.05) is 4.47 Å². The van der Waals surface area contributed by atoms with E-state index in [9.17, 15) is 13.2 Å². The fraction of sp³-hybridized carbons (Fsp3) is 0.200. The summed E-state index contributed by atoms with van der Waals surface area (Å²) in [6, 6.07) is 5.95. The molecule has 0 radical (unpaired) electrons. The van der Waals surface area contributed by atoms with Gasteiger partial charge in [-0.15, -0.1) is 0 Å². The molecule has 0 aliphatic rings. The number of benzene rings is 1. The number of aromatic nitrogens is 2. The second-order valence-corrected chi connectivity index (χ2v) is 4.40. The van der Waals surface area contributed by atoms with Gasteiger partial charge in [0.15, 0.2) is 5.82 Å². The first-order chi connectivity index (χ1) is 8.38. The van der Waals surface area contributed by atoms with E-state index in [1.807, 2.05) is 0 Å². The molecule has 0 saturated heterocycles. The molecule has 2 rings (SSSR count). The average Bonchev–Trinajstić information content (AvgIpc) is 2.77. The Labute approximate surface area is 108 Å². The lowest BCUT2D eigenvalue weighted by molar-refractivity contribution is -0.159. The maximum atomic E-state index is 12.3. The van der Waals surface area contributed by atoms with Gasteiger partial charge in [-0.1, -0.05) is 33.2 Å². The van der Waals surface area contributed by atoms with Crippen LogP contribution in [0.2, 0.25) is 0 Å². The number of hydrogen-bond acceptors (Lipinski definition) is 4. The predicted octanol–water partition coefficient (Wildman–Crippen LogP) is 2.90. The van der Waals surface area contributed by atoms with Crippen LogP contribution in [0.4, 0.5) is 13.2 Å². The zero-order chi connectivity index (χ0) is 13.3. The molecule has 1 aromatic heterocycles. The SMILES string of the molecule is NC(c1cccc(Br)c1)c1noc(C(F)(F)F)n1. The zero-order valence-electron chi connectivity index (χ0n) is 8.78. The first-order valence-electron chi connectivity index (χ1n) is 4.80. The van der Waals surface area contributed by atoms with Gasteiger partial charge in [-0.3, -0.25) is 0 Å². The molecule has 0 aliphatic carbocycles. The van der Waals surface area contributed by atoms with E-state index in [0.717, 1.165) is 4.47 Å². The summed E-state index contributed by atoms with van der Waals surface area (Å²) in [5.41, 5.74) is 6.35. The van der Waals surface area contributed by atoms with Crippen LogP contribution in [0.3, 0.4) is 0 Å². The van der Waals surface area contributed by atoms with Crippen molar-refractivity contribution in [2.24, 2.45) is 5.73 Å². The van der Waals surface area contributed by atoms with Gasteiger partial charge < -0.3 is 10.3 Å². The molecule has 1 heterocycles. The second kappa shape index (κ2) is 4.69. The summed E-state index contributed by atoms with van der Waals surface area (Å²) in [5, 5.41) is 3.24. The minimum Gasteiger partial charge on any atom is -0.329 e. The van der Waals surface area contributed by atoms with Crippen LogP contribution >= 0.6 is 15.9 Å². The standard InChI is InChI=1S/C10H7BrF3N3O/c11-6-3-1-2-5(4-6)7(15)8-16-9(18-17-8)10(12,13)14/h1-4,7H,15H2. The molecule has 4 nitrogen and oxygen atoms in total. The third-order valence-electron chi connectivity index (χ3n) is 2.17. The van der Waals surface area contributed by atoms with Crippen molar-refractivity contribution in [2.75, 3.05) is 0 Å². The van der Waals surface area contributed by atoms with Crippen LogP contribution in [0.15, 0.2) is 33.3 Å². The van der Waals surface area contributed by atoms with E-state index in [2.05, 4.69) is 30.6 Å². The van der Waals surface area contributed by atoms with Crippen LogP contribution in [0.5, 0.6) is 0 Å². The highest BCUT2D eigenvalue weighted by Crippen LogP contribution is 2.29. The minimum absolute atomic E-state index is 0.208. The van der Waals surface area contributed by atoms with Crippen LogP contribution in [0, 0.1) is 0 Å². The molecule has 96 valence electrons. The van der Waals surface area contributed by atoms with Crippen molar-refractivity contribution < 1.29 is 17.7 Å². The molecule has 1 unspecified atom stereocenters. The van der Waals surface area contributed by atoms with Crippen molar-refractivity contribution in [1.29, 1.82) is 0 Å². The van der Waals surface area contributed by atoms with Crippen molar-refractivity contribution in [3.05, 3.63) is 46.0 Å². The van der Waals surface area contributed by atoms with Gasteiger partial charge in [0.2, 0.25) is 0 Å². The molecule has 0 bridgehead atoms. The van der Waals surface area contributed by atoms with Crippen LogP contribution in [-0.2, 0) is 6.18 Å². The Bertz CT molecular complexity index is 555. The molecule has 0 saturated carbocycles. The summed E-state index contributed by atoms with van der Waals surface area (Å²) in [6.07, 6.45) is -4.66. The lowest BCUT2D eigenvalue weighted by atomic mass is 10.1. The highest BCUT2D eigenvalue weighted by atomic mass is 79.9. The molecule has 8 heteroatoms. The monoisotopic (exact) mass is 321 g/mol. The third kappa shape index (κ3) is 2.70. The number of nitrogens with two attached hydrogens (primary N) is 1. The molecule has 2 N–H and O–H groups in total. The minimum atomic E-state index is -4.66. The molecule has 0 spiro atoms. The Morgan fingerprint density at radius 3 is 2.61 bits per heavy atom. The van der Waals surface area contributed by atoms with E-state index in [0.29, 0.717) is 5.56 Å². The average molecular weight is 322 g/mol. The Kier molecular flexibility index (Phi) is 3.40. The summed E-state index contributed by atoms with van der Waals surface area (Å²) in [4.78, 5) is 3.24. The van der Waals surface area contributed by atoms with E-state index in [1.54, 1.807) is 24.3 Å². The summed E-state index contributed by atoms with van der Waals surface area (Å²) in [7, 11) is 0. The number of nitrogens with zero attached hydrogens (tertiary/aromatic N) is 2. The molecule has 18 heavy (non-hydrogen) atoms. The molecule has 0 amide bonds. The summed E-state index contributed by atoms with van der Waals surface area (Å²) >= 11 is 3.24. The lowest BCUT2D eigenvalue weighted by Gasteiger charge is -2.07. The number of rotatable bonds is 2. The first kappa shape index (κ1) is 13.0. The van der Waals surface area contributed by atoms with Crippen molar-refractivity contribution in [2.45, 2.75) is 12.2 Å². The van der Waals surface area contributed by atoms with Gasteiger partial charge in [-0.25, -0.2) is 0 Å². The maximum Gasteiger partial charge on any atom is 0.471 e. The normalized spacial score (nSPS) is 13.6. The molecule has 1 aromatic carbocycles. The molecular formula is C10H7BrF3N3O. The van der Waals surface area contributed by atoms with Crippen LogP contribution < -0.4 is 5.73 Å². The van der Waals surface area contributed by atoms with Crippen molar-refractivity contribution >= 4 is 15.9 Å². The second-order valence-electron chi connectivity index (χ2n) is 3.49. The number of halogens is 4. The Balaban J connectivity index is 2.29. The smallest absolute Gasteiger partial charge is 0.329 e. The Hall–Kier alpha value is -1.41. The van der Waals surface area contributed by atoms with Gasteiger partial charge in [-0.2, -0.15) is 18.2 Å². The Morgan fingerprint density at radius 1 is 1.33 bits per heavy atom. The van der Waals surface area contributed by atoms with E-state index in [4.69, 9.17) is 5.73 Å². The van der Waals surface area contributed by atoms with Crippen LogP contribution in [-0.4, -0.2) is 10.1 Å². The first-order valence-corrected chi connectivity index (χ1v) is 5.59. The van der Waals surface area contributed by atoms with Crippen molar-refractivity contribution in [3.8, 4) is 0 Å². The van der Waals surface area contributed by atoms with Crippen molar-refractivity contribution in [3.63, 3.8) is 0 Å². The quantitative estimate of drug-likeness (QED) is 0.923.